The fourth-order valence-corrected chi connectivity index (χ4v) is 1.91. The molecule has 0 aromatic heterocycles. The third-order valence-corrected chi connectivity index (χ3v) is 3.27. The second-order valence-electron chi connectivity index (χ2n) is 4.75. The molecule has 16 heavy (non-hydrogen) atoms. The second-order valence-corrected chi connectivity index (χ2v) is 4.75. The Morgan fingerprint density at radius 3 is 2.38 bits per heavy atom. The Balaban J connectivity index is 0.000000606. The van der Waals surface area contributed by atoms with Gasteiger partial charge < -0.3 is 10.1 Å². The van der Waals surface area contributed by atoms with Crippen molar-refractivity contribution in [3.05, 3.63) is 0 Å². The van der Waals surface area contributed by atoms with Crippen molar-refractivity contribution in [2.24, 2.45) is 5.92 Å². The van der Waals surface area contributed by atoms with Crippen LogP contribution in [0.2, 0.25) is 0 Å². The molecule has 3 nitrogen and oxygen atoms in total. The Morgan fingerprint density at radius 1 is 1.44 bits per heavy atom. The number of ether oxygens (including phenoxy) is 1. The van der Waals surface area contributed by atoms with Gasteiger partial charge in [-0.25, -0.2) is 0 Å². The van der Waals surface area contributed by atoms with E-state index in [1.54, 1.807) is 7.11 Å². The van der Waals surface area contributed by atoms with Crippen LogP contribution in [0.15, 0.2) is 0 Å². The maximum absolute atomic E-state index is 11.7. The van der Waals surface area contributed by atoms with E-state index in [0.717, 1.165) is 25.2 Å². The van der Waals surface area contributed by atoms with Gasteiger partial charge in [0.25, 0.3) is 5.91 Å². The summed E-state index contributed by atoms with van der Waals surface area (Å²) in [6.45, 7) is 6.09. The Hall–Kier alpha value is -0.570. The monoisotopic (exact) mass is 227 g/mol. The van der Waals surface area contributed by atoms with Crippen molar-refractivity contribution in [1.29, 1.82) is 0 Å². The first-order valence-corrected chi connectivity index (χ1v) is 6.52. The molecule has 1 amide bonds. The van der Waals surface area contributed by atoms with E-state index in [2.05, 4.69) is 12.2 Å². The molecular weight excluding hydrogens is 202 g/mol. The Kier molecular flexibility index (Phi) is 4.78. The van der Waals surface area contributed by atoms with Gasteiger partial charge >= 0.3 is 0 Å². The van der Waals surface area contributed by atoms with Gasteiger partial charge in [0.05, 0.1) is 0 Å². The zero-order valence-electron chi connectivity index (χ0n) is 11.0. The minimum atomic E-state index is -0.461. The van der Waals surface area contributed by atoms with Crippen molar-refractivity contribution in [3.63, 3.8) is 0 Å². The molecule has 94 valence electrons. The van der Waals surface area contributed by atoms with Gasteiger partial charge in [-0.1, -0.05) is 26.7 Å². The number of amides is 1. The van der Waals surface area contributed by atoms with E-state index in [1.165, 1.54) is 12.8 Å². The van der Waals surface area contributed by atoms with Crippen molar-refractivity contribution in [2.45, 2.75) is 64.5 Å². The SMILES string of the molecule is CC.COC1(C(=O)NC(C)CC2CC2)CC1. The van der Waals surface area contributed by atoms with Gasteiger partial charge in [0.2, 0.25) is 0 Å². The van der Waals surface area contributed by atoms with E-state index in [0.29, 0.717) is 6.04 Å². The molecule has 2 fully saturated rings. The minimum absolute atomic E-state index is 0.0909. The molecule has 0 aliphatic heterocycles. The number of nitrogens with one attached hydrogen (secondary N) is 1. The highest BCUT2D eigenvalue weighted by Crippen LogP contribution is 2.39. The zero-order valence-corrected chi connectivity index (χ0v) is 11.0. The van der Waals surface area contributed by atoms with Gasteiger partial charge in [-0.2, -0.15) is 0 Å². The lowest BCUT2D eigenvalue weighted by molar-refractivity contribution is -0.134. The lowest BCUT2D eigenvalue weighted by atomic mass is 10.1. The van der Waals surface area contributed by atoms with Crippen molar-refractivity contribution in [1.82, 2.24) is 5.32 Å². The van der Waals surface area contributed by atoms with Gasteiger partial charge in [0.1, 0.15) is 5.60 Å². The first kappa shape index (κ1) is 13.5. The fourth-order valence-electron chi connectivity index (χ4n) is 1.91. The third kappa shape index (κ3) is 3.48. The highest BCUT2D eigenvalue weighted by atomic mass is 16.5. The van der Waals surface area contributed by atoms with E-state index >= 15 is 0 Å². The van der Waals surface area contributed by atoms with Gasteiger partial charge in [0, 0.05) is 13.2 Å². The number of hydrogen-bond acceptors (Lipinski definition) is 2. The summed E-state index contributed by atoms with van der Waals surface area (Å²) < 4.78 is 5.22. The summed E-state index contributed by atoms with van der Waals surface area (Å²) in [6.07, 6.45) is 5.58. The average Bonchev–Trinajstić information content (AvgIpc) is 3.15. The normalized spacial score (nSPS) is 22.8. The predicted molar refractivity (Wildman–Crippen MR) is 65.3 cm³/mol. The molecular formula is C13H25NO2. The quantitative estimate of drug-likeness (QED) is 0.783. The van der Waals surface area contributed by atoms with E-state index < -0.39 is 5.60 Å². The molecule has 0 radical (unpaired) electrons. The van der Waals surface area contributed by atoms with Gasteiger partial charge in [0.15, 0.2) is 0 Å². The molecule has 0 heterocycles. The van der Waals surface area contributed by atoms with Crippen LogP contribution in [0.1, 0.15) is 52.9 Å². The number of methoxy groups -OCH3 is 1. The summed E-state index contributed by atoms with van der Waals surface area (Å²) in [4.78, 5) is 11.7. The Bertz CT molecular complexity index is 232. The standard InChI is InChI=1S/C11H19NO2.C2H6/c1-8(7-9-3-4-9)12-10(13)11(14-2)5-6-11;1-2/h8-9H,3-7H2,1-2H3,(H,12,13);1-2H3. The molecule has 0 aromatic carbocycles. The van der Waals surface area contributed by atoms with Crippen LogP contribution in [-0.2, 0) is 9.53 Å². The van der Waals surface area contributed by atoms with Gasteiger partial charge in [-0.3, -0.25) is 4.79 Å². The summed E-state index contributed by atoms with van der Waals surface area (Å²) in [5, 5.41) is 3.04. The van der Waals surface area contributed by atoms with E-state index in [-0.39, 0.29) is 5.91 Å². The molecule has 0 aromatic rings. The Morgan fingerprint density at radius 2 is 2.00 bits per heavy atom. The highest BCUT2D eigenvalue weighted by Gasteiger charge is 2.50. The molecule has 0 spiro atoms. The molecule has 2 aliphatic rings. The molecule has 2 rings (SSSR count). The first-order chi connectivity index (χ1) is 7.66. The molecule has 1 atom stereocenters. The van der Waals surface area contributed by atoms with Crippen LogP contribution in [-0.4, -0.2) is 24.7 Å². The number of hydrogen-bond donors (Lipinski definition) is 1. The van der Waals surface area contributed by atoms with Gasteiger partial charge in [-0.05, 0) is 32.1 Å². The largest absolute Gasteiger partial charge is 0.368 e. The minimum Gasteiger partial charge on any atom is -0.368 e. The van der Waals surface area contributed by atoms with Crippen molar-refractivity contribution < 1.29 is 9.53 Å². The topological polar surface area (TPSA) is 38.3 Å². The first-order valence-electron chi connectivity index (χ1n) is 6.52. The lowest BCUT2D eigenvalue weighted by Crippen LogP contribution is -2.42. The third-order valence-electron chi connectivity index (χ3n) is 3.27. The smallest absolute Gasteiger partial charge is 0.252 e. The summed E-state index contributed by atoms with van der Waals surface area (Å²) in [5.74, 6) is 0.955. The second kappa shape index (κ2) is 5.67. The predicted octanol–water partition coefficient (Wildman–Crippen LogP) is 2.50. The van der Waals surface area contributed by atoms with E-state index in [4.69, 9.17) is 4.74 Å². The maximum atomic E-state index is 11.7. The molecule has 0 bridgehead atoms. The van der Waals surface area contributed by atoms with Crippen LogP contribution in [0.25, 0.3) is 0 Å². The molecule has 0 saturated heterocycles. The summed E-state index contributed by atoms with van der Waals surface area (Å²) >= 11 is 0. The van der Waals surface area contributed by atoms with Crippen molar-refractivity contribution in [2.75, 3.05) is 7.11 Å². The van der Waals surface area contributed by atoms with Crippen LogP contribution >= 0.6 is 0 Å². The summed E-state index contributed by atoms with van der Waals surface area (Å²) in [6, 6.07) is 0.308. The number of carbonyl (C=O) groups is 1. The van der Waals surface area contributed by atoms with Crippen molar-refractivity contribution >= 4 is 5.91 Å². The highest BCUT2D eigenvalue weighted by molar-refractivity contribution is 5.88. The maximum Gasteiger partial charge on any atom is 0.252 e. The van der Waals surface area contributed by atoms with Crippen LogP contribution < -0.4 is 5.32 Å². The number of carbonyl (C=O) groups excluding carboxylic acids is 1. The fraction of sp³-hybridized carbons (Fsp3) is 0.923. The van der Waals surface area contributed by atoms with Crippen LogP contribution in [0.4, 0.5) is 0 Å². The molecule has 1 unspecified atom stereocenters. The van der Waals surface area contributed by atoms with Gasteiger partial charge in [-0.15, -0.1) is 0 Å². The van der Waals surface area contributed by atoms with Crippen LogP contribution in [0.3, 0.4) is 0 Å². The molecule has 3 heteroatoms. The molecule has 1 N–H and O–H groups in total. The number of rotatable bonds is 5. The van der Waals surface area contributed by atoms with Crippen molar-refractivity contribution in [3.8, 4) is 0 Å². The molecule has 2 saturated carbocycles. The van der Waals surface area contributed by atoms with Crippen LogP contribution in [0, 0.1) is 5.92 Å². The lowest BCUT2D eigenvalue weighted by Gasteiger charge is -2.18. The summed E-state index contributed by atoms with van der Waals surface area (Å²) in [5.41, 5.74) is -0.461. The van der Waals surface area contributed by atoms with E-state index in [1.807, 2.05) is 13.8 Å². The zero-order chi connectivity index (χ0) is 12.2. The Labute approximate surface area is 98.9 Å². The van der Waals surface area contributed by atoms with Crippen LogP contribution in [0.5, 0.6) is 0 Å². The summed E-state index contributed by atoms with van der Waals surface area (Å²) in [7, 11) is 1.62. The van der Waals surface area contributed by atoms with E-state index in [9.17, 15) is 4.79 Å². The molecule has 2 aliphatic carbocycles. The average molecular weight is 227 g/mol.